The molecule has 2 aromatic carbocycles. The number of carboxylic acid groups (broad SMARTS) is 1. The summed E-state index contributed by atoms with van der Waals surface area (Å²) in [5.41, 5.74) is 11.9. The van der Waals surface area contributed by atoms with Gasteiger partial charge in [0, 0.05) is 25.9 Å². The molecule has 17 N–H and O–H groups in total. The Hall–Kier alpha value is -8.07. The molecule has 2 aliphatic heterocycles. The van der Waals surface area contributed by atoms with Gasteiger partial charge in [-0.25, -0.2) is 4.79 Å². The summed E-state index contributed by atoms with van der Waals surface area (Å²) in [5.74, 6) is -9.78. The summed E-state index contributed by atoms with van der Waals surface area (Å²) in [6.07, 6.45) is 0.670. The minimum atomic E-state index is -1.74. The lowest BCUT2D eigenvalue weighted by atomic mass is 9.95. The monoisotopic (exact) mass is 1140 g/mol. The zero-order valence-corrected chi connectivity index (χ0v) is 46.7. The summed E-state index contributed by atoms with van der Waals surface area (Å²) in [6, 6.07) is -0.106. The van der Waals surface area contributed by atoms with Crippen LogP contribution in [0.4, 0.5) is 0 Å². The first kappa shape index (κ1) is 65.4. The predicted molar refractivity (Wildman–Crippen MR) is 295 cm³/mol. The molecule has 2 saturated heterocycles. The Labute approximate surface area is 470 Å². The largest absolute Gasteiger partial charge is 0.508 e. The number of phenolic OH excluding ortho intramolecular Hbond substituents is 2. The van der Waals surface area contributed by atoms with Crippen LogP contribution in [0.25, 0.3) is 0 Å². The summed E-state index contributed by atoms with van der Waals surface area (Å²) in [4.78, 5) is 141. The number of carbonyl (C=O) groups excluding carboxylic acids is 9. The van der Waals surface area contributed by atoms with Gasteiger partial charge in [0.2, 0.25) is 53.2 Å². The molecule has 0 aromatic heterocycles. The average Bonchev–Trinajstić information content (AvgIpc) is 4.19. The molecular formula is C54H81N13O14. The molecular weight excluding hydrogens is 1050 g/mol. The van der Waals surface area contributed by atoms with Crippen LogP contribution in [-0.2, 0) is 60.8 Å². The van der Waals surface area contributed by atoms with Crippen molar-refractivity contribution in [2.75, 3.05) is 26.2 Å². The topological polar surface area (TPSA) is 428 Å². The number of likely N-dealkylation sites (tertiary alicyclic amines) is 1. The number of nitrogens with two attached hydrogens (primary N) is 2. The third kappa shape index (κ3) is 20.5. The van der Waals surface area contributed by atoms with Crippen molar-refractivity contribution in [2.45, 2.75) is 160 Å². The van der Waals surface area contributed by atoms with Crippen molar-refractivity contribution in [3.8, 4) is 11.5 Å². The Morgan fingerprint density at radius 1 is 0.654 bits per heavy atom. The molecule has 11 atom stereocenters. The van der Waals surface area contributed by atoms with Gasteiger partial charge < -0.3 is 84.6 Å². The Kier molecular flexibility index (Phi) is 25.6. The van der Waals surface area contributed by atoms with Gasteiger partial charge in [-0.3, -0.25) is 48.1 Å². The molecule has 0 spiro atoms. The molecule has 2 aliphatic rings. The quantitative estimate of drug-likeness (QED) is 0.0216. The van der Waals surface area contributed by atoms with Gasteiger partial charge in [0.25, 0.3) is 0 Å². The highest BCUT2D eigenvalue weighted by atomic mass is 16.4. The summed E-state index contributed by atoms with van der Waals surface area (Å²) in [6.45, 7) is 9.95. The van der Waals surface area contributed by atoms with E-state index in [9.17, 15) is 68.4 Å². The standard InChI is InChI=1S/C54H81N13O14/c1-7-29(4)43(51(78)62-38(25-32-14-18-34(69)19-15-32)48(75)66-44(31(6)68)52(79)63-39(53(80)81)26-33-16-20-35(70)21-17-33)65-50(77)42(28(2)3)64-47(74)37(12-9-23-58-54(55)56)61-45(72)30(5)60-49(76)40-13-10-24-67(40)41(71)27-59-46(73)36-11-8-22-57-36/h14-21,28-31,36-40,42-44,57,68-70H,7-13,22-27H2,1-6H3,(H,59,73)(H,60,76)(H,61,72)(H,62,78)(H,63,79)(H,64,74)(H,65,77)(H,66,75)(H,80,81)(H4,55,56,58)/t29-,30-,31+,36-,37-,38-,39-,40-,42-,43-,44-/m0/s1. The van der Waals surface area contributed by atoms with Gasteiger partial charge in [0.1, 0.15) is 59.8 Å². The maximum Gasteiger partial charge on any atom is 0.326 e. The van der Waals surface area contributed by atoms with Crippen LogP contribution in [0.15, 0.2) is 53.5 Å². The maximum atomic E-state index is 14.4. The van der Waals surface area contributed by atoms with Crippen molar-refractivity contribution in [1.29, 1.82) is 0 Å². The highest BCUT2D eigenvalue weighted by Gasteiger charge is 2.39. The number of hydrogen-bond acceptors (Lipinski definition) is 15. The van der Waals surface area contributed by atoms with Crippen molar-refractivity contribution >= 4 is 65.1 Å². The number of carboxylic acids is 1. The lowest BCUT2D eigenvalue weighted by Gasteiger charge is -2.31. The summed E-state index contributed by atoms with van der Waals surface area (Å²) in [5, 5.41) is 64.1. The molecule has 0 radical (unpaired) electrons. The van der Waals surface area contributed by atoms with Crippen molar-refractivity contribution in [1.82, 2.24) is 52.8 Å². The highest BCUT2D eigenvalue weighted by Crippen LogP contribution is 2.19. The smallest absolute Gasteiger partial charge is 0.326 e. The van der Waals surface area contributed by atoms with Gasteiger partial charge in [0.05, 0.1) is 18.7 Å². The molecule has 9 amide bonds. The minimum absolute atomic E-state index is 0.0473. The van der Waals surface area contributed by atoms with Crippen LogP contribution in [0.2, 0.25) is 0 Å². The van der Waals surface area contributed by atoms with E-state index in [4.69, 9.17) is 11.5 Å². The summed E-state index contributed by atoms with van der Waals surface area (Å²) >= 11 is 0. The van der Waals surface area contributed by atoms with Crippen LogP contribution in [-0.4, -0.2) is 177 Å². The molecule has 0 aliphatic carbocycles. The van der Waals surface area contributed by atoms with E-state index in [0.717, 1.165) is 6.42 Å². The molecule has 446 valence electrons. The predicted octanol–water partition coefficient (Wildman–Crippen LogP) is -2.62. The van der Waals surface area contributed by atoms with Gasteiger partial charge in [-0.2, -0.15) is 0 Å². The zero-order valence-electron chi connectivity index (χ0n) is 46.7. The fourth-order valence-corrected chi connectivity index (χ4v) is 9.14. The Balaban J connectivity index is 1.49. The Morgan fingerprint density at radius 2 is 1.19 bits per heavy atom. The van der Waals surface area contributed by atoms with Gasteiger partial charge in [-0.05, 0) is 106 Å². The SMILES string of the molecule is CC[C@H](C)[C@H](NC(=O)[C@@H](NC(=O)[C@H](CCCN=C(N)N)NC(=O)[C@H](C)NC(=O)[C@@H]1CCCN1C(=O)CNC(=O)[C@@H]1CCCN1)C(C)C)C(=O)N[C@@H](Cc1ccc(O)cc1)C(=O)N[C@H](C(=O)N[C@@H](Cc1ccc(O)cc1)C(=O)O)[C@@H](C)O. The lowest BCUT2D eigenvalue weighted by molar-refractivity contribution is -0.143. The normalized spacial score (nSPS) is 18.2. The third-order valence-electron chi connectivity index (χ3n) is 14.1. The van der Waals surface area contributed by atoms with Crippen LogP contribution in [0.5, 0.6) is 11.5 Å². The number of aromatic hydroxyl groups is 2. The number of carbonyl (C=O) groups is 10. The number of rotatable bonds is 30. The molecule has 4 rings (SSSR count). The van der Waals surface area contributed by atoms with E-state index in [2.05, 4.69) is 52.8 Å². The second-order valence-electron chi connectivity index (χ2n) is 20.9. The van der Waals surface area contributed by atoms with Crippen LogP contribution in [0.3, 0.4) is 0 Å². The number of aliphatic hydroxyl groups is 1. The van der Waals surface area contributed by atoms with Crippen molar-refractivity contribution in [3.63, 3.8) is 0 Å². The number of benzene rings is 2. The first-order valence-electron chi connectivity index (χ1n) is 27.2. The minimum Gasteiger partial charge on any atom is -0.508 e. The maximum absolute atomic E-state index is 14.4. The number of aliphatic imine (C=N–C) groups is 1. The molecule has 0 saturated carbocycles. The van der Waals surface area contributed by atoms with Crippen LogP contribution < -0.4 is 59.3 Å². The number of hydrogen-bond donors (Lipinski definition) is 15. The van der Waals surface area contributed by atoms with E-state index in [1.165, 1.54) is 67.3 Å². The summed E-state index contributed by atoms with van der Waals surface area (Å²) in [7, 11) is 0. The van der Waals surface area contributed by atoms with Crippen molar-refractivity contribution in [3.05, 3.63) is 59.7 Å². The molecule has 81 heavy (non-hydrogen) atoms. The number of aliphatic carboxylic acids is 1. The molecule has 2 fully saturated rings. The number of guanidine groups is 1. The average molecular weight is 1140 g/mol. The number of phenols is 2. The van der Waals surface area contributed by atoms with Gasteiger partial charge in [-0.1, -0.05) is 58.4 Å². The molecule has 0 bridgehead atoms. The Bertz CT molecular complexity index is 2540. The third-order valence-corrected chi connectivity index (χ3v) is 14.1. The van der Waals surface area contributed by atoms with E-state index in [1.807, 2.05) is 0 Å². The Morgan fingerprint density at radius 3 is 1.73 bits per heavy atom. The van der Waals surface area contributed by atoms with E-state index in [0.29, 0.717) is 43.4 Å². The van der Waals surface area contributed by atoms with Gasteiger partial charge in [0.15, 0.2) is 5.96 Å². The number of nitrogens with zero attached hydrogens (tertiary/aromatic N) is 2. The molecule has 0 unspecified atom stereocenters. The van der Waals surface area contributed by atoms with Gasteiger partial charge in [-0.15, -0.1) is 0 Å². The van der Waals surface area contributed by atoms with Crippen LogP contribution in [0.1, 0.15) is 97.6 Å². The molecule has 27 heteroatoms. The molecule has 2 heterocycles. The lowest BCUT2D eigenvalue weighted by Crippen LogP contribution is -2.62. The van der Waals surface area contributed by atoms with Crippen LogP contribution >= 0.6 is 0 Å². The zero-order chi connectivity index (χ0) is 60.1. The highest BCUT2D eigenvalue weighted by molar-refractivity contribution is 5.98. The van der Waals surface area contributed by atoms with E-state index >= 15 is 0 Å². The van der Waals surface area contributed by atoms with Crippen molar-refractivity contribution < 1.29 is 68.4 Å². The van der Waals surface area contributed by atoms with Crippen molar-refractivity contribution in [2.24, 2.45) is 28.3 Å². The molecule has 2 aromatic rings. The summed E-state index contributed by atoms with van der Waals surface area (Å²) < 4.78 is 0. The first-order chi connectivity index (χ1) is 38.3. The number of amides is 9. The number of nitrogens with one attached hydrogen (secondary N) is 9. The molecule has 27 nitrogen and oxygen atoms in total. The second kappa shape index (κ2) is 31.6. The van der Waals surface area contributed by atoms with Gasteiger partial charge >= 0.3 is 5.97 Å². The van der Waals surface area contributed by atoms with E-state index in [-0.39, 0.29) is 68.7 Å². The van der Waals surface area contributed by atoms with E-state index in [1.54, 1.807) is 27.7 Å². The fourth-order valence-electron chi connectivity index (χ4n) is 9.14. The first-order valence-corrected chi connectivity index (χ1v) is 27.2. The fraction of sp³-hybridized carbons (Fsp3) is 0.574. The van der Waals surface area contributed by atoms with Crippen LogP contribution in [0, 0.1) is 11.8 Å². The van der Waals surface area contributed by atoms with E-state index < -0.39 is 126 Å². The second-order valence-corrected chi connectivity index (χ2v) is 20.9. The number of aliphatic hydroxyl groups excluding tert-OH is 1.